The lowest BCUT2D eigenvalue weighted by Gasteiger charge is -2.08. The third-order valence-corrected chi connectivity index (χ3v) is 3.90. The van der Waals surface area contributed by atoms with Gasteiger partial charge in [0.15, 0.2) is 0 Å². The zero-order valence-electron chi connectivity index (χ0n) is 13.6. The van der Waals surface area contributed by atoms with Crippen molar-refractivity contribution in [1.82, 2.24) is 0 Å². The fourth-order valence-corrected chi connectivity index (χ4v) is 2.60. The van der Waals surface area contributed by atoms with E-state index in [1.54, 1.807) is 19.1 Å². The smallest absolute Gasteiger partial charge is 0.266 e. The van der Waals surface area contributed by atoms with E-state index in [0.29, 0.717) is 16.8 Å². The summed E-state index contributed by atoms with van der Waals surface area (Å²) in [6.45, 7) is 1.63. The predicted molar refractivity (Wildman–Crippen MR) is 97.3 cm³/mol. The van der Waals surface area contributed by atoms with Crippen molar-refractivity contribution in [2.75, 3.05) is 5.32 Å². The van der Waals surface area contributed by atoms with Gasteiger partial charge in [-0.25, -0.2) is 4.39 Å². The molecule has 0 saturated carbocycles. The minimum absolute atomic E-state index is 0.0426. The van der Waals surface area contributed by atoms with Crippen LogP contribution in [0.15, 0.2) is 66.2 Å². The van der Waals surface area contributed by atoms with Gasteiger partial charge in [0.25, 0.3) is 5.91 Å². The molecule has 0 bridgehead atoms. The Kier molecular flexibility index (Phi) is 4.58. The molecular formula is C21H15FN2O. The molecule has 122 valence electrons. The summed E-state index contributed by atoms with van der Waals surface area (Å²) in [7, 11) is 0. The number of hydrogen-bond acceptors (Lipinski definition) is 2. The molecule has 3 aromatic carbocycles. The van der Waals surface area contributed by atoms with Gasteiger partial charge in [0.2, 0.25) is 0 Å². The van der Waals surface area contributed by atoms with Gasteiger partial charge in [0.1, 0.15) is 17.5 Å². The van der Waals surface area contributed by atoms with Crippen LogP contribution in [0.25, 0.3) is 16.8 Å². The van der Waals surface area contributed by atoms with Crippen molar-refractivity contribution < 1.29 is 9.18 Å². The maximum atomic E-state index is 13.3. The minimum atomic E-state index is -0.499. The number of amides is 1. The Morgan fingerprint density at radius 3 is 2.64 bits per heavy atom. The van der Waals surface area contributed by atoms with E-state index in [9.17, 15) is 14.4 Å². The molecule has 0 aliphatic carbocycles. The highest BCUT2D eigenvalue weighted by molar-refractivity contribution is 6.12. The van der Waals surface area contributed by atoms with Gasteiger partial charge in [0, 0.05) is 11.1 Å². The molecule has 0 saturated heterocycles. The summed E-state index contributed by atoms with van der Waals surface area (Å²) in [6.07, 6.45) is 1.45. The van der Waals surface area contributed by atoms with Gasteiger partial charge in [-0.3, -0.25) is 4.79 Å². The van der Waals surface area contributed by atoms with Crippen LogP contribution in [0, 0.1) is 24.1 Å². The molecule has 0 unspecified atom stereocenters. The number of carbonyl (C=O) groups excluding carboxylic acids is 1. The molecule has 3 rings (SSSR count). The Balaban J connectivity index is 1.91. The number of fused-ring (bicyclic) bond motifs is 1. The molecule has 0 fully saturated rings. The highest BCUT2D eigenvalue weighted by atomic mass is 19.1. The summed E-state index contributed by atoms with van der Waals surface area (Å²) in [5.41, 5.74) is 1.66. The maximum absolute atomic E-state index is 13.3. The molecule has 0 aliphatic heterocycles. The van der Waals surface area contributed by atoms with Gasteiger partial charge in [-0.15, -0.1) is 0 Å². The van der Waals surface area contributed by atoms with Gasteiger partial charge in [-0.2, -0.15) is 5.26 Å². The lowest BCUT2D eigenvalue weighted by Crippen LogP contribution is -2.13. The molecule has 4 heteroatoms. The SMILES string of the molecule is Cc1cc(C=C(C#N)C(=O)Nc2cccc3ccccc23)ccc1F. The first-order valence-electron chi connectivity index (χ1n) is 7.75. The number of nitrogens with zero attached hydrogens (tertiary/aromatic N) is 1. The number of nitrogens with one attached hydrogen (secondary N) is 1. The first-order valence-corrected chi connectivity index (χ1v) is 7.75. The number of anilines is 1. The van der Waals surface area contributed by atoms with E-state index in [-0.39, 0.29) is 11.4 Å². The van der Waals surface area contributed by atoms with Crippen molar-refractivity contribution in [1.29, 1.82) is 5.26 Å². The van der Waals surface area contributed by atoms with Gasteiger partial charge in [-0.1, -0.05) is 42.5 Å². The van der Waals surface area contributed by atoms with Crippen LogP contribution in [0.4, 0.5) is 10.1 Å². The van der Waals surface area contributed by atoms with Crippen LogP contribution in [-0.2, 0) is 4.79 Å². The average molecular weight is 330 g/mol. The van der Waals surface area contributed by atoms with E-state index in [0.717, 1.165) is 10.8 Å². The van der Waals surface area contributed by atoms with E-state index in [1.807, 2.05) is 42.5 Å². The summed E-state index contributed by atoms with van der Waals surface area (Å²) in [5, 5.41) is 14.0. The van der Waals surface area contributed by atoms with Crippen molar-refractivity contribution in [3.63, 3.8) is 0 Å². The topological polar surface area (TPSA) is 52.9 Å². The standard InChI is InChI=1S/C21H15FN2O/c1-14-11-15(9-10-19(14)22)12-17(13-23)21(25)24-20-8-4-6-16-5-2-3-7-18(16)20/h2-12H,1H3,(H,24,25). The summed E-state index contributed by atoms with van der Waals surface area (Å²) in [4.78, 5) is 12.5. The predicted octanol–water partition coefficient (Wildman–Crippen LogP) is 4.83. The maximum Gasteiger partial charge on any atom is 0.266 e. The largest absolute Gasteiger partial charge is 0.321 e. The summed E-state index contributed by atoms with van der Waals surface area (Å²) in [6, 6.07) is 19.6. The number of carbonyl (C=O) groups is 1. The molecule has 0 heterocycles. The number of benzene rings is 3. The molecule has 0 atom stereocenters. The molecule has 0 spiro atoms. The molecule has 3 nitrogen and oxygen atoms in total. The second-order valence-electron chi connectivity index (χ2n) is 5.66. The Bertz CT molecular complexity index is 1030. The van der Waals surface area contributed by atoms with Crippen molar-refractivity contribution in [3.05, 3.63) is 83.2 Å². The summed E-state index contributed by atoms with van der Waals surface area (Å²) >= 11 is 0. The normalized spacial score (nSPS) is 11.2. The van der Waals surface area contributed by atoms with E-state index in [4.69, 9.17) is 0 Å². The van der Waals surface area contributed by atoms with E-state index in [2.05, 4.69) is 5.32 Å². The molecule has 3 aromatic rings. The monoisotopic (exact) mass is 330 g/mol. The third-order valence-electron chi connectivity index (χ3n) is 3.90. The first kappa shape index (κ1) is 16.4. The number of rotatable bonds is 3. The van der Waals surface area contributed by atoms with Crippen LogP contribution in [0.1, 0.15) is 11.1 Å². The Morgan fingerprint density at radius 1 is 1.12 bits per heavy atom. The highest BCUT2D eigenvalue weighted by Crippen LogP contribution is 2.23. The Hall–Kier alpha value is -3.45. The van der Waals surface area contributed by atoms with Gasteiger partial charge in [0.05, 0.1) is 0 Å². The summed E-state index contributed by atoms with van der Waals surface area (Å²) in [5.74, 6) is -0.823. The van der Waals surface area contributed by atoms with E-state index >= 15 is 0 Å². The zero-order chi connectivity index (χ0) is 17.8. The zero-order valence-corrected chi connectivity index (χ0v) is 13.6. The minimum Gasteiger partial charge on any atom is -0.321 e. The van der Waals surface area contributed by atoms with Gasteiger partial charge < -0.3 is 5.32 Å². The van der Waals surface area contributed by atoms with Crippen LogP contribution >= 0.6 is 0 Å². The fraction of sp³-hybridized carbons (Fsp3) is 0.0476. The van der Waals surface area contributed by atoms with Crippen LogP contribution in [0.2, 0.25) is 0 Å². The van der Waals surface area contributed by atoms with Crippen LogP contribution in [0.3, 0.4) is 0 Å². The Morgan fingerprint density at radius 2 is 1.88 bits per heavy atom. The number of nitriles is 1. The lowest BCUT2D eigenvalue weighted by molar-refractivity contribution is -0.112. The average Bonchev–Trinajstić information content (AvgIpc) is 2.63. The van der Waals surface area contributed by atoms with Crippen LogP contribution < -0.4 is 5.32 Å². The summed E-state index contributed by atoms with van der Waals surface area (Å²) < 4.78 is 13.3. The number of halogens is 1. The second-order valence-corrected chi connectivity index (χ2v) is 5.66. The van der Waals surface area contributed by atoms with E-state index in [1.165, 1.54) is 18.2 Å². The molecule has 1 N–H and O–H groups in total. The number of aryl methyl sites for hydroxylation is 1. The molecule has 0 radical (unpaired) electrons. The van der Waals surface area contributed by atoms with Gasteiger partial charge in [-0.05, 0) is 47.7 Å². The quantitative estimate of drug-likeness (QED) is 0.552. The fourth-order valence-electron chi connectivity index (χ4n) is 2.60. The van der Waals surface area contributed by atoms with E-state index < -0.39 is 5.91 Å². The van der Waals surface area contributed by atoms with Crippen molar-refractivity contribution in [2.24, 2.45) is 0 Å². The van der Waals surface area contributed by atoms with Crippen molar-refractivity contribution in [3.8, 4) is 6.07 Å². The Labute approximate surface area is 145 Å². The van der Waals surface area contributed by atoms with Crippen LogP contribution in [0.5, 0.6) is 0 Å². The van der Waals surface area contributed by atoms with Crippen molar-refractivity contribution >= 4 is 28.4 Å². The molecular weight excluding hydrogens is 315 g/mol. The van der Waals surface area contributed by atoms with Gasteiger partial charge >= 0.3 is 0 Å². The first-order chi connectivity index (χ1) is 12.1. The molecule has 0 aromatic heterocycles. The number of hydrogen-bond donors (Lipinski definition) is 1. The van der Waals surface area contributed by atoms with Crippen LogP contribution in [-0.4, -0.2) is 5.91 Å². The van der Waals surface area contributed by atoms with Crippen molar-refractivity contribution in [2.45, 2.75) is 6.92 Å². The molecule has 1 amide bonds. The lowest BCUT2D eigenvalue weighted by atomic mass is 10.1. The third kappa shape index (κ3) is 3.56. The highest BCUT2D eigenvalue weighted by Gasteiger charge is 2.11. The molecule has 25 heavy (non-hydrogen) atoms. The molecule has 0 aliphatic rings. The second kappa shape index (κ2) is 6.98.